The molecule has 0 N–H and O–H groups in total. The first kappa shape index (κ1) is 13.2. The number of aromatic nitrogens is 5. The molecule has 0 bridgehead atoms. The smallest absolute Gasteiger partial charge is 0.360 e. The monoisotopic (exact) mass is 265 g/mol. The normalized spacial score (nSPS) is 10.9. The van der Waals surface area contributed by atoms with Gasteiger partial charge in [-0.05, 0) is 12.8 Å². The maximum atomic E-state index is 11.8. The summed E-state index contributed by atoms with van der Waals surface area (Å²) in [6, 6.07) is 0. The zero-order chi connectivity index (χ0) is 13.8. The summed E-state index contributed by atoms with van der Waals surface area (Å²) in [6.45, 7) is 6.22. The Morgan fingerprint density at radius 2 is 2.32 bits per heavy atom. The summed E-state index contributed by atoms with van der Waals surface area (Å²) in [7, 11) is 0. The van der Waals surface area contributed by atoms with Gasteiger partial charge in [-0.15, -0.1) is 5.10 Å². The quantitative estimate of drug-likeness (QED) is 0.744. The Hall–Kier alpha value is -2.25. The SMILES string of the molecule is CCOC(=O)c1nnn(Cc2ncno2)c1C(C)C. The molecule has 0 aliphatic rings. The molecular weight excluding hydrogens is 250 g/mol. The molecule has 8 heteroatoms. The van der Waals surface area contributed by atoms with E-state index in [9.17, 15) is 4.79 Å². The van der Waals surface area contributed by atoms with Crippen LogP contribution in [-0.2, 0) is 11.3 Å². The summed E-state index contributed by atoms with van der Waals surface area (Å²) >= 11 is 0. The first-order chi connectivity index (χ1) is 9.13. The molecule has 2 heterocycles. The zero-order valence-corrected chi connectivity index (χ0v) is 11.0. The highest BCUT2D eigenvalue weighted by atomic mass is 16.5. The molecule has 0 atom stereocenters. The van der Waals surface area contributed by atoms with Crippen molar-refractivity contribution < 1.29 is 14.1 Å². The lowest BCUT2D eigenvalue weighted by molar-refractivity contribution is 0.0517. The van der Waals surface area contributed by atoms with E-state index in [1.807, 2.05) is 13.8 Å². The van der Waals surface area contributed by atoms with Crippen molar-refractivity contribution in [2.45, 2.75) is 33.2 Å². The van der Waals surface area contributed by atoms with Gasteiger partial charge in [-0.1, -0.05) is 24.2 Å². The Balaban J connectivity index is 2.31. The Labute approximate surface area is 109 Å². The molecular formula is C11H15N5O3. The molecule has 8 nitrogen and oxygen atoms in total. The van der Waals surface area contributed by atoms with E-state index < -0.39 is 5.97 Å². The number of nitrogens with zero attached hydrogens (tertiary/aromatic N) is 5. The second-order valence-corrected chi connectivity index (χ2v) is 4.19. The molecule has 0 amide bonds. The average Bonchev–Trinajstić information content (AvgIpc) is 2.99. The number of hydrogen-bond donors (Lipinski definition) is 0. The molecule has 0 fully saturated rings. The molecule has 0 radical (unpaired) electrons. The number of ether oxygens (including phenoxy) is 1. The molecule has 0 spiro atoms. The van der Waals surface area contributed by atoms with E-state index in [0.717, 1.165) is 0 Å². The molecule has 0 aliphatic heterocycles. The standard InChI is InChI=1S/C11H15N5O3/c1-4-18-11(17)9-10(7(2)3)16(15-14-9)5-8-12-6-13-19-8/h6-7H,4-5H2,1-3H3. The van der Waals surface area contributed by atoms with Crippen molar-refractivity contribution in [1.82, 2.24) is 25.1 Å². The lowest BCUT2D eigenvalue weighted by atomic mass is 10.1. The third-order valence-corrected chi connectivity index (χ3v) is 2.48. The highest BCUT2D eigenvalue weighted by molar-refractivity contribution is 5.88. The fraction of sp³-hybridized carbons (Fsp3) is 0.545. The van der Waals surface area contributed by atoms with Crippen LogP contribution in [0.4, 0.5) is 0 Å². The van der Waals surface area contributed by atoms with Crippen molar-refractivity contribution in [1.29, 1.82) is 0 Å². The molecule has 0 saturated heterocycles. The van der Waals surface area contributed by atoms with Crippen LogP contribution in [0, 0.1) is 0 Å². The Kier molecular flexibility index (Phi) is 3.88. The minimum absolute atomic E-state index is 0.0670. The van der Waals surface area contributed by atoms with Crippen LogP contribution in [0.3, 0.4) is 0 Å². The van der Waals surface area contributed by atoms with Gasteiger partial charge in [0.25, 0.3) is 0 Å². The van der Waals surface area contributed by atoms with E-state index >= 15 is 0 Å². The third-order valence-electron chi connectivity index (χ3n) is 2.48. The van der Waals surface area contributed by atoms with E-state index in [-0.39, 0.29) is 18.2 Å². The third kappa shape index (κ3) is 2.78. The highest BCUT2D eigenvalue weighted by Gasteiger charge is 2.23. The summed E-state index contributed by atoms with van der Waals surface area (Å²) < 4.78 is 11.5. The van der Waals surface area contributed by atoms with E-state index in [2.05, 4.69) is 20.5 Å². The average molecular weight is 265 g/mol. The van der Waals surface area contributed by atoms with Crippen molar-refractivity contribution in [3.05, 3.63) is 23.6 Å². The molecule has 19 heavy (non-hydrogen) atoms. The first-order valence-corrected chi connectivity index (χ1v) is 5.99. The van der Waals surface area contributed by atoms with Crippen LogP contribution >= 0.6 is 0 Å². The van der Waals surface area contributed by atoms with Gasteiger partial charge in [-0.2, -0.15) is 4.98 Å². The van der Waals surface area contributed by atoms with E-state index in [1.54, 1.807) is 11.6 Å². The Morgan fingerprint density at radius 1 is 1.53 bits per heavy atom. The molecule has 0 aromatic carbocycles. The minimum Gasteiger partial charge on any atom is -0.461 e. The van der Waals surface area contributed by atoms with Gasteiger partial charge in [0.2, 0.25) is 5.89 Å². The van der Waals surface area contributed by atoms with E-state index in [4.69, 9.17) is 9.26 Å². The fourth-order valence-corrected chi connectivity index (χ4v) is 1.75. The predicted octanol–water partition coefficient (Wildman–Crippen LogP) is 1.01. The van der Waals surface area contributed by atoms with Gasteiger partial charge >= 0.3 is 5.97 Å². The summed E-state index contributed by atoms with van der Waals surface area (Å²) in [6.07, 6.45) is 1.31. The molecule has 0 saturated carbocycles. The lowest BCUT2D eigenvalue weighted by Crippen LogP contribution is -2.13. The van der Waals surface area contributed by atoms with Crippen LogP contribution in [0.15, 0.2) is 10.9 Å². The van der Waals surface area contributed by atoms with Crippen LogP contribution in [0.25, 0.3) is 0 Å². The zero-order valence-electron chi connectivity index (χ0n) is 11.0. The van der Waals surface area contributed by atoms with Crippen molar-refractivity contribution in [3.63, 3.8) is 0 Å². The predicted molar refractivity (Wildman–Crippen MR) is 63.5 cm³/mol. The number of hydrogen-bond acceptors (Lipinski definition) is 7. The van der Waals surface area contributed by atoms with Crippen LogP contribution in [-0.4, -0.2) is 37.7 Å². The summed E-state index contributed by atoms with van der Waals surface area (Å²) in [5, 5.41) is 11.4. The maximum absolute atomic E-state index is 11.8. The number of rotatable bonds is 5. The van der Waals surface area contributed by atoms with Crippen LogP contribution in [0.5, 0.6) is 0 Å². The largest absolute Gasteiger partial charge is 0.461 e. The summed E-state index contributed by atoms with van der Waals surface area (Å²) in [5.74, 6) is 0.00233. The molecule has 2 rings (SSSR count). The van der Waals surface area contributed by atoms with Crippen molar-refractivity contribution >= 4 is 5.97 Å². The summed E-state index contributed by atoms with van der Waals surface area (Å²) in [5.41, 5.74) is 0.924. The number of carbonyl (C=O) groups excluding carboxylic acids is 1. The minimum atomic E-state index is -0.469. The van der Waals surface area contributed by atoms with Crippen LogP contribution in [0.2, 0.25) is 0 Å². The van der Waals surface area contributed by atoms with E-state index in [1.165, 1.54) is 6.33 Å². The van der Waals surface area contributed by atoms with Crippen molar-refractivity contribution in [2.24, 2.45) is 0 Å². The van der Waals surface area contributed by atoms with E-state index in [0.29, 0.717) is 18.2 Å². The van der Waals surface area contributed by atoms with Crippen molar-refractivity contribution in [3.8, 4) is 0 Å². The molecule has 0 aliphatic carbocycles. The molecule has 2 aromatic heterocycles. The Morgan fingerprint density at radius 3 is 2.89 bits per heavy atom. The lowest BCUT2D eigenvalue weighted by Gasteiger charge is -2.08. The number of esters is 1. The summed E-state index contributed by atoms with van der Waals surface area (Å²) in [4.78, 5) is 15.7. The van der Waals surface area contributed by atoms with Gasteiger partial charge in [-0.25, -0.2) is 9.48 Å². The van der Waals surface area contributed by atoms with Gasteiger partial charge in [0.15, 0.2) is 12.0 Å². The maximum Gasteiger partial charge on any atom is 0.360 e. The topological polar surface area (TPSA) is 95.9 Å². The second kappa shape index (κ2) is 5.59. The molecule has 2 aromatic rings. The molecule has 102 valence electrons. The van der Waals surface area contributed by atoms with Crippen LogP contribution < -0.4 is 0 Å². The van der Waals surface area contributed by atoms with Gasteiger partial charge in [0, 0.05) is 0 Å². The number of carbonyl (C=O) groups is 1. The van der Waals surface area contributed by atoms with Gasteiger partial charge in [0.1, 0.15) is 6.54 Å². The first-order valence-electron chi connectivity index (χ1n) is 5.99. The van der Waals surface area contributed by atoms with Crippen LogP contribution in [0.1, 0.15) is 48.8 Å². The van der Waals surface area contributed by atoms with Crippen molar-refractivity contribution in [2.75, 3.05) is 6.61 Å². The van der Waals surface area contributed by atoms with Gasteiger partial charge in [-0.3, -0.25) is 0 Å². The van der Waals surface area contributed by atoms with Gasteiger partial charge in [0.05, 0.1) is 12.3 Å². The highest BCUT2D eigenvalue weighted by Crippen LogP contribution is 2.19. The Bertz CT molecular complexity index is 547. The van der Waals surface area contributed by atoms with Gasteiger partial charge < -0.3 is 9.26 Å². The second-order valence-electron chi connectivity index (χ2n) is 4.19. The fourth-order valence-electron chi connectivity index (χ4n) is 1.75. The molecule has 0 unspecified atom stereocenters.